The van der Waals surface area contributed by atoms with E-state index in [1.54, 1.807) is 0 Å². The number of hydrogen-bond acceptors (Lipinski definition) is 3. The van der Waals surface area contributed by atoms with E-state index in [4.69, 9.17) is 4.74 Å². The number of amides is 1. The van der Waals surface area contributed by atoms with Crippen LogP contribution in [-0.4, -0.2) is 31.1 Å². The average molecular weight is 290 g/mol. The molecule has 0 saturated carbocycles. The third-order valence-electron chi connectivity index (χ3n) is 3.98. The second-order valence-electron chi connectivity index (χ2n) is 6.00. The molecule has 1 aliphatic heterocycles. The molecule has 0 aromatic heterocycles. The summed E-state index contributed by atoms with van der Waals surface area (Å²) in [6.45, 7) is 6.73. The Morgan fingerprint density at radius 1 is 1.38 bits per heavy atom. The topological polar surface area (TPSA) is 50.4 Å². The molecule has 1 aromatic rings. The highest BCUT2D eigenvalue weighted by Gasteiger charge is 2.28. The smallest absolute Gasteiger partial charge is 0.251 e. The second-order valence-corrected chi connectivity index (χ2v) is 6.00. The van der Waals surface area contributed by atoms with Gasteiger partial charge >= 0.3 is 0 Å². The molecule has 116 valence electrons. The zero-order chi connectivity index (χ0) is 15.1. The van der Waals surface area contributed by atoms with E-state index in [2.05, 4.69) is 24.5 Å². The summed E-state index contributed by atoms with van der Waals surface area (Å²) >= 11 is 0. The number of rotatable bonds is 7. The SMILES string of the molecule is CCCCOc1ccc(C(=O)NCC2(C)CCCN2)cc1. The Morgan fingerprint density at radius 2 is 2.14 bits per heavy atom. The van der Waals surface area contributed by atoms with Crippen molar-refractivity contribution in [1.82, 2.24) is 10.6 Å². The number of carbonyl (C=O) groups excluding carboxylic acids is 1. The van der Waals surface area contributed by atoms with Gasteiger partial charge in [0.1, 0.15) is 5.75 Å². The molecule has 1 aliphatic rings. The molecule has 2 rings (SSSR count). The van der Waals surface area contributed by atoms with Gasteiger partial charge in [-0.1, -0.05) is 13.3 Å². The van der Waals surface area contributed by atoms with E-state index in [1.807, 2.05) is 24.3 Å². The Kier molecular flexibility index (Phi) is 5.62. The molecule has 1 fully saturated rings. The Balaban J connectivity index is 1.82. The summed E-state index contributed by atoms with van der Waals surface area (Å²) in [5.74, 6) is 0.800. The van der Waals surface area contributed by atoms with Crippen LogP contribution >= 0.6 is 0 Å². The molecule has 0 radical (unpaired) electrons. The second kappa shape index (κ2) is 7.46. The van der Waals surface area contributed by atoms with E-state index in [1.165, 1.54) is 6.42 Å². The van der Waals surface area contributed by atoms with Gasteiger partial charge in [0.25, 0.3) is 5.91 Å². The molecule has 4 heteroatoms. The normalized spacial score (nSPS) is 21.2. The molecule has 21 heavy (non-hydrogen) atoms. The summed E-state index contributed by atoms with van der Waals surface area (Å²) in [5.41, 5.74) is 0.721. The van der Waals surface area contributed by atoms with E-state index in [-0.39, 0.29) is 11.4 Å². The summed E-state index contributed by atoms with van der Waals surface area (Å²) in [5, 5.41) is 6.45. The van der Waals surface area contributed by atoms with Gasteiger partial charge in [0.05, 0.1) is 6.61 Å². The lowest BCUT2D eigenvalue weighted by Gasteiger charge is -2.24. The number of unbranched alkanes of at least 4 members (excludes halogenated alkanes) is 1. The van der Waals surface area contributed by atoms with Crippen molar-refractivity contribution in [2.45, 2.75) is 45.1 Å². The van der Waals surface area contributed by atoms with Crippen molar-refractivity contribution in [3.05, 3.63) is 29.8 Å². The molecule has 0 bridgehead atoms. The van der Waals surface area contributed by atoms with Crippen LogP contribution in [0.2, 0.25) is 0 Å². The third kappa shape index (κ3) is 4.74. The van der Waals surface area contributed by atoms with Crippen molar-refractivity contribution in [1.29, 1.82) is 0 Å². The molecule has 1 atom stereocenters. The van der Waals surface area contributed by atoms with Crippen molar-refractivity contribution in [2.75, 3.05) is 19.7 Å². The van der Waals surface area contributed by atoms with Gasteiger partial charge in [0.15, 0.2) is 0 Å². The Bertz CT molecular complexity index is 450. The standard InChI is InChI=1S/C17H26N2O2/c1-3-4-12-21-15-8-6-14(7-9-15)16(20)18-13-17(2)10-5-11-19-17/h6-9,19H,3-5,10-13H2,1-2H3,(H,18,20). The lowest BCUT2D eigenvalue weighted by Crippen LogP contribution is -2.47. The van der Waals surface area contributed by atoms with Crippen molar-refractivity contribution in [3.63, 3.8) is 0 Å². The van der Waals surface area contributed by atoms with E-state index in [0.717, 1.165) is 38.2 Å². The number of ether oxygens (including phenoxy) is 1. The molecule has 1 heterocycles. The van der Waals surface area contributed by atoms with Crippen LogP contribution < -0.4 is 15.4 Å². The highest BCUT2D eigenvalue weighted by atomic mass is 16.5. The first-order valence-electron chi connectivity index (χ1n) is 7.89. The predicted octanol–water partition coefficient (Wildman–Crippen LogP) is 2.74. The quantitative estimate of drug-likeness (QED) is 0.759. The zero-order valence-corrected chi connectivity index (χ0v) is 13.1. The van der Waals surface area contributed by atoms with Crippen LogP contribution in [0.3, 0.4) is 0 Å². The molecule has 1 saturated heterocycles. The highest BCUT2D eigenvalue weighted by Crippen LogP contribution is 2.17. The lowest BCUT2D eigenvalue weighted by molar-refractivity contribution is 0.0942. The van der Waals surface area contributed by atoms with Crippen LogP contribution in [0.4, 0.5) is 0 Å². The Hall–Kier alpha value is -1.55. The van der Waals surface area contributed by atoms with Gasteiger partial charge in [-0.15, -0.1) is 0 Å². The fourth-order valence-electron chi connectivity index (χ4n) is 2.52. The minimum absolute atomic E-state index is 0.0231. The van der Waals surface area contributed by atoms with Crippen LogP contribution in [0, 0.1) is 0 Å². The molecule has 4 nitrogen and oxygen atoms in total. The van der Waals surface area contributed by atoms with Crippen molar-refractivity contribution in [3.8, 4) is 5.75 Å². The fraction of sp³-hybridized carbons (Fsp3) is 0.588. The molecule has 0 spiro atoms. The van der Waals surface area contributed by atoms with Crippen LogP contribution in [0.15, 0.2) is 24.3 Å². The largest absolute Gasteiger partial charge is 0.494 e. The van der Waals surface area contributed by atoms with Crippen molar-refractivity contribution >= 4 is 5.91 Å². The Morgan fingerprint density at radius 3 is 2.76 bits per heavy atom. The number of nitrogens with one attached hydrogen (secondary N) is 2. The van der Waals surface area contributed by atoms with Gasteiger partial charge < -0.3 is 15.4 Å². The fourth-order valence-corrected chi connectivity index (χ4v) is 2.52. The molecule has 2 N–H and O–H groups in total. The van der Waals surface area contributed by atoms with Gasteiger partial charge in [0.2, 0.25) is 0 Å². The summed E-state index contributed by atoms with van der Waals surface area (Å²) in [6.07, 6.45) is 4.45. The molecular formula is C17H26N2O2. The predicted molar refractivity (Wildman–Crippen MR) is 84.8 cm³/mol. The monoisotopic (exact) mass is 290 g/mol. The van der Waals surface area contributed by atoms with Gasteiger partial charge in [-0.05, 0) is 57.0 Å². The first kappa shape index (κ1) is 15.8. The van der Waals surface area contributed by atoms with Crippen molar-refractivity contribution in [2.24, 2.45) is 0 Å². The lowest BCUT2D eigenvalue weighted by atomic mass is 10.0. The Labute approximate surface area is 127 Å². The summed E-state index contributed by atoms with van der Waals surface area (Å²) in [4.78, 5) is 12.1. The number of carbonyl (C=O) groups is 1. The average Bonchev–Trinajstić information content (AvgIpc) is 2.93. The molecule has 1 aromatic carbocycles. The van der Waals surface area contributed by atoms with E-state index in [0.29, 0.717) is 12.1 Å². The van der Waals surface area contributed by atoms with Gasteiger partial charge in [-0.3, -0.25) is 4.79 Å². The molecule has 0 aliphatic carbocycles. The van der Waals surface area contributed by atoms with Crippen molar-refractivity contribution < 1.29 is 9.53 Å². The summed E-state index contributed by atoms with van der Waals surface area (Å²) in [7, 11) is 0. The molecule has 1 unspecified atom stereocenters. The third-order valence-corrected chi connectivity index (χ3v) is 3.98. The number of benzene rings is 1. The molecular weight excluding hydrogens is 264 g/mol. The maximum Gasteiger partial charge on any atom is 0.251 e. The first-order chi connectivity index (χ1) is 10.1. The number of hydrogen-bond donors (Lipinski definition) is 2. The van der Waals surface area contributed by atoms with Gasteiger partial charge in [0, 0.05) is 17.6 Å². The van der Waals surface area contributed by atoms with E-state index < -0.39 is 0 Å². The maximum atomic E-state index is 12.1. The summed E-state index contributed by atoms with van der Waals surface area (Å²) in [6, 6.07) is 7.36. The van der Waals surface area contributed by atoms with E-state index >= 15 is 0 Å². The van der Waals surface area contributed by atoms with Crippen LogP contribution in [0.1, 0.15) is 49.9 Å². The summed E-state index contributed by atoms with van der Waals surface area (Å²) < 4.78 is 5.60. The molecule has 1 amide bonds. The minimum Gasteiger partial charge on any atom is -0.494 e. The maximum absolute atomic E-state index is 12.1. The van der Waals surface area contributed by atoms with Crippen LogP contribution in [0.5, 0.6) is 5.75 Å². The van der Waals surface area contributed by atoms with Gasteiger partial charge in [-0.25, -0.2) is 0 Å². The van der Waals surface area contributed by atoms with Crippen LogP contribution in [0.25, 0.3) is 0 Å². The van der Waals surface area contributed by atoms with Crippen LogP contribution in [-0.2, 0) is 0 Å². The van der Waals surface area contributed by atoms with E-state index in [9.17, 15) is 4.79 Å². The zero-order valence-electron chi connectivity index (χ0n) is 13.1. The minimum atomic E-state index is -0.0231. The first-order valence-corrected chi connectivity index (χ1v) is 7.89. The highest BCUT2D eigenvalue weighted by molar-refractivity contribution is 5.94. The van der Waals surface area contributed by atoms with Gasteiger partial charge in [-0.2, -0.15) is 0 Å².